The average molecular weight is 472 g/mol. The molecular formula is C21H15F3N6O2S. The first-order valence-corrected chi connectivity index (χ1v) is 11.3. The molecule has 0 atom stereocenters. The molecule has 0 amide bonds. The van der Waals surface area contributed by atoms with E-state index in [4.69, 9.17) is 0 Å². The normalized spacial score (nSPS) is 12.0. The van der Waals surface area contributed by atoms with Crippen molar-refractivity contribution in [1.82, 2.24) is 29.9 Å². The molecule has 0 aliphatic carbocycles. The van der Waals surface area contributed by atoms with Crippen molar-refractivity contribution in [3.8, 4) is 22.6 Å². The van der Waals surface area contributed by atoms with Crippen molar-refractivity contribution in [2.75, 3.05) is 0 Å². The Morgan fingerprint density at radius 3 is 2.61 bits per heavy atom. The fraction of sp³-hybridized carbons (Fsp3) is 0.0952. The highest BCUT2D eigenvalue weighted by Crippen LogP contribution is 2.36. The summed E-state index contributed by atoms with van der Waals surface area (Å²) in [6, 6.07) is 4.63. The van der Waals surface area contributed by atoms with E-state index < -0.39 is 38.6 Å². The molecular weight excluding hydrogens is 457 g/mol. The van der Waals surface area contributed by atoms with Crippen LogP contribution in [-0.4, -0.2) is 38.4 Å². The van der Waals surface area contributed by atoms with Gasteiger partial charge >= 0.3 is 0 Å². The monoisotopic (exact) mass is 472 g/mol. The second-order valence-electron chi connectivity index (χ2n) is 7.36. The SMILES string of the molecule is Cn1cc(S(=O)(=O)Cc2ccc(F)c(-c3ccc4c(-c5ncc[nH]5)[nH]nc4c3F)c2F)cn1. The Morgan fingerprint density at radius 2 is 1.91 bits per heavy atom. The number of aryl methyl sites for hydroxylation is 1. The van der Waals surface area contributed by atoms with E-state index in [1.54, 1.807) is 13.2 Å². The third kappa shape index (κ3) is 3.48. The molecule has 0 bridgehead atoms. The van der Waals surface area contributed by atoms with Gasteiger partial charge in [0.05, 0.1) is 17.5 Å². The number of H-pyrrole nitrogens is 2. The van der Waals surface area contributed by atoms with E-state index in [1.807, 2.05) is 0 Å². The number of halogens is 3. The predicted octanol–water partition coefficient (Wildman–Crippen LogP) is 3.74. The Morgan fingerprint density at radius 1 is 1.09 bits per heavy atom. The van der Waals surface area contributed by atoms with Gasteiger partial charge in [0.2, 0.25) is 0 Å². The van der Waals surface area contributed by atoms with E-state index in [2.05, 4.69) is 25.3 Å². The van der Waals surface area contributed by atoms with Gasteiger partial charge in [0.25, 0.3) is 0 Å². The molecule has 2 aromatic carbocycles. The van der Waals surface area contributed by atoms with Crippen molar-refractivity contribution in [3.63, 3.8) is 0 Å². The first-order chi connectivity index (χ1) is 15.8. The smallest absolute Gasteiger partial charge is 0.185 e. The maximum absolute atomic E-state index is 15.3. The van der Waals surface area contributed by atoms with Crippen LogP contribution in [-0.2, 0) is 22.6 Å². The third-order valence-electron chi connectivity index (χ3n) is 5.23. The number of sulfone groups is 1. The van der Waals surface area contributed by atoms with E-state index >= 15 is 8.78 Å². The Labute approximate surface area is 185 Å². The molecule has 8 nitrogen and oxygen atoms in total. The summed E-state index contributed by atoms with van der Waals surface area (Å²) in [5.74, 6) is -3.47. The van der Waals surface area contributed by atoms with Gasteiger partial charge in [-0.1, -0.05) is 12.1 Å². The van der Waals surface area contributed by atoms with Gasteiger partial charge in [-0.3, -0.25) is 9.78 Å². The molecule has 0 aliphatic rings. The van der Waals surface area contributed by atoms with Gasteiger partial charge in [-0.25, -0.2) is 26.6 Å². The maximum atomic E-state index is 15.3. The summed E-state index contributed by atoms with van der Waals surface area (Å²) in [6.45, 7) is 0. The number of imidazole rings is 1. The van der Waals surface area contributed by atoms with Crippen molar-refractivity contribution < 1.29 is 21.6 Å². The number of aromatic amines is 2. The number of hydrogen-bond acceptors (Lipinski definition) is 5. The molecule has 3 aromatic heterocycles. The molecule has 0 saturated carbocycles. The summed E-state index contributed by atoms with van der Waals surface area (Å²) >= 11 is 0. The molecule has 33 heavy (non-hydrogen) atoms. The number of fused-ring (bicyclic) bond motifs is 1. The number of nitrogens with one attached hydrogen (secondary N) is 2. The van der Waals surface area contributed by atoms with Gasteiger partial charge in [0.15, 0.2) is 21.5 Å². The van der Waals surface area contributed by atoms with Crippen molar-refractivity contribution in [1.29, 1.82) is 0 Å². The van der Waals surface area contributed by atoms with Crippen molar-refractivity contribution in [2.45, 2.75) is 10.6 Å². The minimum Gasteiger partial charge on any atom is -0.343 e. The Hall–Kier alpha value is -3.93. The zero-order chi connectivity index (χ0) is 23.3. The van der Waals surface area contributed by atoms with Crippen molar-refractivity contribution in [2.24, 2.45) is 7.05 Å². The zero-order valence-electron chi connectivity index (χ0n) is 17.0. The number of nitrogens with zero attached hydrogens (tertiary/aromatic N) is 4. The van der Waals surface area contributed by atoms with Gasteiger partial charge in [0.1, 0.15) is 27.7 Å². The summed E-state index contributed by atoms with van der Waals surface area (Å²) < 4.78 is 71.9. The van der Waals surface area contributed by atoms with Crippen LogP contribution in [0.4, 0.5) is 13.2 Å². The Bertz CT molecular complexity index is 1610. The fourth-order valence-electron chi connectivity index (χ4n) is 3.62. The number of hydrogen-bond donors (Lipinski definition) is 2. The van der Waals surface area contributed by atoms with E-state index in [1.165, 1.54) is 29.2 Å². The fourth-order valence-corrected chi connectivity index (χ4v) is 4.94. The lowest BCUT2D eigenvalue weighted by molar-refractivity contribution is 0.570. The van der Waals surface area contributed by atoms with Crippen LogP contribution in [0.2, 0.25) is 0 Å². The molecule has 0 unspecified atom stereocenters. The minimum atomic E-state index is -3.96. The van der Waals surface area contributed by atoms with Crippen LogP contribution in [0.15, 0.2) is 53.9 Å². The zero-order valence-corrected chi connectivity index (χ0v) is 17.8. The van der Waals surface area contributed by atoms with Crippen LogP contribution in [0.25, 0.3) is 33.5 Å². The van der Waals surface area contributed by atoms with Gasteiger partial charge in [-0.2, -0.15) is 10.2 Å². The highest BCUT2D eigenvalue weighted by atomic mass is 32.2. The highest BCUT2D eigenvalue weighted by Gasteiger charge is 2.25. The van der Waals surface area contributed by atoms with Crippen LogP contribution in [0.3, 0.4) is 0 Å². The second-order valence-corrected chi connectivity index (χ2v) is 9.35. The topological polar surface area (TPSA) is 109 Å². The van der Waals surface area contributed by atoms with Gasteiger partial charge in [-0.05, 0) is 12.1 Å². The van der Waals surface area contributed by atoms with E-state index in [0.717, 1.165) is 18.3 Å². The number of rotatable bonds is 5. The molecule has 0 spiro atoms. The first kappa shape index (κ1) is 20.9. The standard InChI is InChI=1S/C21H15F3N6O2S/c1-30-9-12(8-27-30)33(31,32)10-11-2-5-15(22)16(17(11)23)13-3-4-14-19(18(13)24)28-29-20(14)21-25-6-7-26-21/h2-9H,10H2,1H3,(H,25,26)(H,28,29). The van der Waals surface area contributed by atoms with Crippen LogP contribution in [0.5, 0.6) is 0 Å². The van der Waals surface area contributed by atoms with E-state index in [-0.39, 0.29) is 21.5 Å². The second kappa shape index (κ2) is 7.59. The Kier molecular flexibility index (Phi) is 4.81. The van der Waals surface area contributed by atoms with Crippen molar-refractivity contribution >= 4 is 20.7 Å². The molecule has 168 valence electrons. The summed E-state index contributed by atoms with van der Waals surface area (Å²) in [7, 11) is -2.42. The predicted molar refractivity (Wildman–Crippen MR) is 113 cm³/mol. The third-order valence-corrected chi connectivity index (χ3v) is 6.85. The van der Waals surface area contributed by atoms with Crippen LogP contribution in [0.1, 0.15) is 5.56 Å². The van der Waals surface area contributed by atoms with Crippen molar-refractivity contribution in [3.05, 3.63) is 72.1 Å². The molecule has 5 aromatic rings. The van der Waals surface area contributed by atoms with E-state index in [9.17, 15) is 12.8 Å². The number of aromatic nitrogens is 6. The van der Waals surface area contributed by atoms with Gasteiger partial charge in [0, 0.05) is 42.2 Å². The number of benzene rings is 2. The van der Waals surface area contributed by atoms with Crippen LogP contribution in [0, 0.1) is 17.5 Å². The quantitative estimate of drug-likeness (QED) is 0.405. The summed E-state index contributed by atoms with van der Waals surface area (Å²) in [5.41, 5.74) is -1.07. The summed E-state index contributed by atoms with van der Waals surface area (Å²) in [6.07, 6.45) is 5.52. The van der Waals surface area contributed by atoms with Gasteiger partial charge < -0.3 is 4.98 Å². The molecule has 0 radical (unpaired) electrons. The molecule has 0 saturated heterocycles. The molecule has 12 heteroatoms. The Balaban J connectivity index is 1.61. The molecule has 2 N–H and O–H groups in total. The van der Waals surface area contributed by atoms with E-state index in [0.29, 0.717) is 16.9 Å². The first-order valence-electron chi connectivity index (χ1n) is 9.61. The lowest BCUT2D eigenvalue weighted by atomic mass is 9.99. The molecule has 5 rings (SSSR count). The highest BCUT2D eigenvalue weighted by molar-refractivity contribution is 7.90. The molecule has 0 aliphatic heterocycles. The average Bonchev–Trinajstić information content (AvgIpc) is 3.52. The molecule has 0 fully saturated rings. The largest absolute Gasteiger partial charge is 0.343 e. The van der Waals surface area contributed by atoms with Crippen LogP contribution >= 0.6 is 0 Å². The summed E-state index contributed by atoms with van der Waals surface area (Å²) in [4.78, 5) is 6.85. The van der Waals surface area contributed by atoms with Crippen LogP contribution < -0.4 is 0 Å². The van der Waals surface area contributed by atoms with Gasteiger partial charge in [-0.15, -0.1) is 0 Å². The lowest BCUT2D eigenvalue weighted by Gasteiger charge is -2.11. The maximum Gasteiger partial charge on any atom is 0.185 e. The summed E-state index contributed by atoms with van der Waals surface area (Å²) in [5, 5.41) is 10.8. The lowest BCUT2D eigenvalue weighted by Crippen LogP contribution is -2.07. The minimum absolute atomic E-state index is 0.107. The molecule has 3 heterocycles.